The molecule has 0 aromatic heterocycles. The van der Waals surface area contributed by atoms with Gasteiger partial charge in [0.05, 0.1) is 16.0 Å². The van der Waals surface area contributed by atoms with E-state index in [9.17, 15) is 13.2 Å². The minimum Gasteiger partial charge on any atom is -0.478 e. The molecule has 0 unspecified atom stereocenters. The molecule has 1 aromatic carbocycles. The molecule has 0 fully saturated rings. The Bertz CT molecular complexity index is 611. The minimum absolute atomic E-state index is 0.0191. The maximum absolute atomic E-state index is 11.4. The Balaban J connectivity index is 3.70. The molecule has 6 heteroatoms. The fraction of sp³-hybridized carbons (Fsp3) is 0.273. The Morgan fingerprint density at radius 3 is 2.41 bits per heavy atom. The van der Waals surface area contributed by atoms with Crippen LogP contribution in [0.15, 0.2) is 17.0 Å². The van der Waals surface area contributed by atoms with Gasteiger partial charge in [0.2, 0.25) is 0 Å². The summed E-state index contributed by atoms with van der Waals surface area (Å²) in [6.07, 6.45) is 1.36. The van der Waals surface area contributed by atoms with Gasteiger partial charge in [-0.15, -0.1) is 0 Å². The number of sulfone groups is 1. The van der Waals surface area contributed by atoms with E-state index in [1.165, 1.54) is 6.07 Å². The first-order valence-electron chi connectivity index (χ1n) is 4.81. The van der Waals surface area contributed by atoms with E-state index < -0.39 is 15.8 Å². The summed E-state index contributed by atoms with van der Waals surface area (Å²) in [6.45, 7) is 1.74. The quantitative estimate of drug-likeness (QED) is 0.873. The van der Waals surface area contributed by atoms with Crippen LogP contribution in [0.4, 0.5) is 0 Å². The molecule has 1 N–H and O–H groups in total. The maximum atomic E-state index is 11.4. The Labute approximate surface area is 99.2 Å². The fourth-order valence-electron chi connectivity index (χ4n) is 1.51. The van der Waals surface area contributed by atoms with Crippen LogP contribution >= 0.6 is 0 Å². The van der Waals surface area contributed by atoms with Crippen LogP contribution in [0.25, 0.3) is 0 Å². The summed E-state index contributed by atoms with van der Waals surface area (Å²) < 4.78 is 22.9. The van der Waals surface area contributed by atoms with E-state index in [4.69, 9.17) is 10.4 Å². The number of rotatable bonds is 3. The summed E-state index contributed by atoms with van der Waals surface area (Å²) in [5.41, 5.74) is 0.350. The number of hydrogen-bond donors (Lipinski definition) is 1. The number of carboxylic acids is 1. The van der Waals surface area contributed by atoms with E-state index in [1.807, 2.05) is 0 Å². The topological polar surface area (TPSA) is 95.2 Å². The van der Waals surface area contributed by atoms with Crippen LogP contribution in [0, 0.1) is 11.3 Å². The zero-order chi connectivity index (χ0) is 13.2. The predicted octanol–water partition coefficient (Wildman–Crippen LogP) is 1.22. The molecule has 0 aliphatic carbocycles. The summed E-state index contributed by atoms with van der Waals surface area (Å²) in [5.74, 6) is -1.20. The van der Waals surface area contributed by atoms with Crippen molar-refractivity contribution in [2.75, 3.05) is 6.26 Å². The van der Waals surface area contributed by atoms with Crippen LogP contribution < -0.4 is 0 Å². The number of carbonyl (C=O) groups is 1. The van der Waals surface area contributed by atoms with E-state index in [0.717, 1.165) is 12.3 Å². The Hall–Kier alpha value is -1.87. The number of carboxylic acid groups (broad SMARTS) is 1. The van der Waals surface area contributed by atoms with Crippen LogP contribution in [0.5, 0.6) is 0 Å². The maximum Gasteiger partial charge on any atom is 0.336 e. The van der Waals surface area contributed by atoms with E-state index in [0.29, 0.717) is 12.0 Å². The fourth-order valence-corrected chi connectivity index (χ4v) is 2.35. The lowest BCUT2D eigenvalue weighted by Crippen LogP contribution is -2.08. The largest absolute Gasteiger partial charge is 0.478 e. The van der Waals surface area contributed by atoms with Crippen LogP contribution in [-0.4, -0.2) is 25.7 Å². The van der Waals surface area contributed by atoms with Gasteiger partial charge in [-0.05, 0) is 24.1 Å². The summed E-state index contributed by atoms with van der Waals surface area (Å²) in [7, 11) is -3.61. The zero-order valence-corrected chi connectivity index (χ0v) is 10.2. The predicted molar refractivity (Wildman–Crippen MR) is 60.6 cm³/mol. The molecule has 0 radical (unpaired) electrons. The van der Waals surface area contributed by atoms with Gasteiger partial charge < -0.3 is 5.11 Å². The van der Waals surface area contributed by atoms with Crippen molar-refractivity contribution in [3.63, 3.8) is 0 Å². The van der Waals surface area contributed by atoms with Gasteiger partial charge in [-0.2, -0.15) is 5.26 Å². The highest BCUT2D eigenvalue weighted by atomic mass is 32.2. The molecular weight excluding hydrogens is 242 g/mol. The number of benzene rings is 1. The second-order valence-corrected chi connectivity index (χ2v) is 5.53. The van der Waals surface area contributed by atoms with Crippen molar-refractivity contribution in [1.82, 2.24) is 0 Å². The molecule has 0 saturated heterocycles. The smallest absolute Gasteiger partial charge is 0.336 e. The third-order valence-corrected chi connectivity index (χ3v) is 3.47. The Kier molecular flexibility index (Phi) is 3.53. The standard InChI is InChI=1S/C11H11NO4S/c1-3-7-4-8(6-12)10(17(2,15)16)5-9(7)11(13)14/h4-5H,3H2,1-2H3,(H,13,14). The third-order valence-electron chi connectivity index (χ3n) is 2.34. The van der Waals surface area contributed by atoms with Crippen LogP contribution in [-0.2, 0) is 16.3 Å². The molecule has 0 amide bonds. The lowest BCUT2D eigenvalue weighted by molar-refractivity contribution is 0.0695. The van der Waals surface area contributed by atoms with Crippen LogP contribution in [0.2, 0.25) is 0 Å². The number of hydrogen-bond acceptors (Lipinski definition) is 4. The first-order valence-corrected chi connectivity index (χ1v) is 6.70. The Morgan fingerprint density at radius 1 is 1.47 bits per heavy atom. The summed E-state index contributed by atoms with van der Waals surface area (Å²) in [6, 6.07) is 4.14. The zero-order valence-electron chi connectivity index (χ0n) is 9.39. The highest BCUT2D eigenvalue weighted by Crippen LogP contribution is 2.21. The van der Waals surface area contributed by atoms with Gasteiger partial charge in [-0.1, -0.05) is 6.92 Å². The first-order chi connectivity index (χ1) is 7.81. The van der Waals surface area contributed by atoms with Crippen molar-refractivity contribution >= 4 is 15.8 Å². The molecule has 0 aliphatic heterocycles. The molecule has 1 rings (SSSR count). The van der Waals surface area contributed by atoms with Crippen molar-refractivity contribution in [1.29, 1.82) is 5.26 Å². The molecular formula is C11H11NO4S. The van der Waals surface area contributed by atoms with E-state index >= 15 is 0 Å². The second-order valence-electron chi connectivity index (χ2n) is 3.55. The lowest BCUT2D eigenvalue weighted by atomic mass is 10.0. The molecule has 0 saturated carbocycles. The average Bonchev–Trinajstić information content (AvgIpc) is 2.25. The summed E-state index contributed by atoms with van der Waals surface area (Å²) >= 11 is 0. The van der Waals surface area contributed by atoms with E-state index in [1.54, 1.807) is 13.0 Å². The highest BCUT2D eigenvalue weighted by molar-refractivity contribution is 7.90. The first kappa shape index (κ1) is 13.2. The third kappa shape index (κ3) is 2.63. The SMILES string of the molecule is CCc1cc(C#N)c(S(C)(=O)=O)cc1C(=O)O. The van der Waals surface area contributed by atoms with Gasteiger partial charge >= 0.3 is 5.97 Å². The van der Waals surface area contributed by atoms with Crippen molar-refractivity contribution in [2.24, 2.45) is 0 Å². The average molecular weight is 253 g/mol. The molecule has 90 valence electrons. The molecule has 0 heterocycles. The summed E-state index contributed by atoms with van der Waals surface area (Å²) in [4.78, 5) is 10.7. The number of aryl methyl sites for hydroxylation is 1. The van der Waals surface area contributed by atoms with Gasteiger partial charge in [0, 0.05) is 6.26 Å². The van der Waals surface area contributed by atoms with Crippen molar-refractivity contribution in [3.05, 3.63) is 28.8 Å². The minimum atomic E-state index is -3.61. The van der Waals surface area contributed by atoms with Gasteiger partial charge in [-0.25, -0.2) is 13.2 Å². The normalized spacial score (nSPS) is 10.9. The van der Waals surface area contributed by atoms with Crippen molar-refractivity contribution in [3.8, 4) is 6.07 Å². The summed E-state index contributed by atoms with van der Waals surface area (Å²) in [5, 5.41) is 17.8. The lowest BCUT2D eigenvalue weighted by Gasteiger charge is -2.08. The van der Waals surface area contributed by atoms with Crippen molar-refractivity contribution < 1.29 is 18.3 Å². The molecule has 0 bridgehead atoms. The molecule has 17 heavy (non-hydrogen) atoms. The molecule has 1 aromatic rings. The van der Waals surface area contributed by atoms with Gasteiger partial charge in [-0.3, -0.25) is 0 Å². The van der Waals surface area contributed by atoms with Gasteiger partial charge in [0.1, 0.15) is 6.07 Å². The van der Waals surface area contributed by atoms with E-state index in [2.05, 4.69) is 0 Å². The highest BCUT2D eigenvalue weighted by Gasteiger charge is 2.19. The van der Waals surface area contributed by atoms with Gasteiger partial charge in [0.15, 0.2) is 9.84 Å². The van der Waals surface area contributed by atoms with E-state index in [-0.39, 0.29) is 16.0 Å². The monoisotopic (exact) mass is 253 g/mol. The number of nitrogens with zero attached hydrogens (tertiary/aromatic N) is 1. The number of aromatic carboxylic acids is 1. The second kappa shape index (κ2) is 4.55. The molecule has 5 nitrogen and oxygen atoms in total. The Morgan fingerprint density at radius 2 is 2.06 bits per heavy atom. The molecule has 0 atom stereocenters. The van der Waals surface area contributed by atoms with Crippen LogP contribution in [0.3, 0.4) is 0 Å². The number of nitriles is 1. The molecule has 0 spiro atoms. The van der Waals surface area contributed by atoms with Crippen LogP contribution in [0.1, 0.15) is 28.4 Å². The van der Waals surface area contributed by atoms with Crippen molar-refractivity contribution in [2.45, 2.75) is 18.2 Å². The molecule has 0 aliphatic rings. The van der Waals surface area contributed by atoms with Gasteiger partial charge in [0.25, 0.3) is 0 Å².